The van der Waals surface area contributed by atoms with E-state index in [0.717, 1.165) is 24.0 Å². The number of hydrogen-bond donors (Lipinski definition) is 0. The molecule has 0 saturated heterocycles. The highest BCUT2D eigenvalue weighted by Gasteiger charge is 2.27. The molecule has 0 spiro atoms. The minimum absolute atomic E-state index is 0.0708. The van der Waals surface area contributed by atoms with E-state index < -0.39 is 0 Å². The molecular formula is C15H32NO2+. The number of rotatable bonds is 9. The maximum absolute atomic E-state index is 11.8. The third-order valence-corrected chi connectivity index (χ3v) is 3.73. The van der Waals surface area contributed by atoms with Crippen molar-refractivity contribution in [2.24, 2.45) is 5.41 Å². The molecule has 0 bridgehead atoms. The predicted octanol–water partition coefficient (Wildman–Crippen LogP) is 3.23. The van der Waals surface area contributed by atoms with Gasteiger partial charge in [0.2, 0.25) is 0 Å². The van der Waals surface area contributed by atoms with E-state index in [-0.39, 0.29) is 11.4 Å². The number of nitrogens with zero attached hydrogens (tertiary/aromatic N) is 1. The Hall–Kier alpha value is -0.570. The second-order valence-corrected chi connectivity index (χ2v) is 6.46. The third kappa shape index (κ3) is 7.00. The summed E-state index contributed by atoms with van der Waals surface area (Å²) < 4.78 is 6.32. The standard InChI is InChI=1S/C15H32NO2/c1-7-9-10-11-16(5,6)12-13-18-14(17)15(3,4)8-2/h7-13H2,1-6H3/q+1. The van der Waals surface area contributed by atoms with Gasteiger partial charge in [-0.1, -0.05) is 20.3 Å². The molecule has 18 heavy (non-hydrogen) atoms. The van der Waals surface area contributed by atoms with Crippen LogP contribution < -0.4 is 0 Å². The van der Waals surface area contributed by atoms with E-state index in [2.05, 4.69) is 21.0 Å². The van der Waals surface area contributed by atoms with Crippen LogP contribution in [0.4, 0.5) is 0 Å². The van der Waals surface area contributed by atoms with E-state index >= 15 is 0 Å². The van der Waals surface area contributed by atoms with Gasteiger partial charge in [-0.3, -0.25) is 4.79 Å². The van der Waals surface area contributed by atoms with Gasteiger partial charge < -0.3 is 9.22 Å². The fourth-order valence-electron chi connectivity index (χ4n) is 1.63. The average molecular weight is 258 g/mol. The molecule has 0 aliphatic rings. The molecule has 0 unspecified atom stereocenters. The normalized spacial score (nSPS) is 12.6. The second kappa shape index (κ2) is 7.78. The lowest BCUT2D eigenvalue weighted by molar-refractivity contribution is -0.890. The van der Waals surface area contributed by atoms with Crippen LogP contribution in [0.5, 0.6) is 0 Å². The van der Waals surface area contributed by atoms with Gasteiger partial charge in [0, 0.05) is 0 Å². The van der Waals surface area contributed by atoms with Crippen molar-refractivity contribution in [2.75, 3.05) is 33.8 Å². The topological polar surface area (TPSA) is 26.3 Å². The van der Waals surface area contributed by atoms with Crippen molar-refractivity contribution in [1.29, 1.82) is 0 Å². The molecule has 0 N–H and O–H groups in total. The lowest BCUT2D eigenvalue weighted by Crippen LogP contribution is -2.43. The van der Waals surface area contributed by atoms with Gasteiger partial charge >= 0.3 is 5.97 Å². The Kier molecular flexibility index (Phi) is 7.53. The Morgan fingerprint density at radius 3 is 2.22 bits per heavy atom. The monoisotopic (exact) mass is 258 g/mol. The van der Waals surface area contributed by atoms with Crippen molar-refractivity contribution in [3.8, 4) is 0 Å². The van der Waals surface area contributed by atoms with E-state index in [9.17, 15) is 4.79 Å². The van der Waals surface area contributed by atoms with Gasteiger partial charge in [0.05, 0.1) is 26.1 Å². The minimum Gasteiger partial charge on any atom is -0.459 e. The number of hydrogen-bond acceptors (Lipinski definition) is 2. The Morgan fingerprint density at radius 2 is 1.72 bits per heavy atom. The van der Waals surface area contributed by atoms with E-state index in [4.69, 9.17) is 4.74 Å². The Morgan fingerprint density at radius 1 is 1.11 bits per heavy atom. The molecule has 0 radical (unpaired) electrons. The number of unbranched alkanes of at least 4 members (excludes halogenated alkanes) is 2. The SMILES string of the molecule is CCCCC[N+](C)(C)CCOC(=O)C(C)(C)CC. The summed E-state index contributed by atoms with van der Waals surface area (Å²) >= 11 is 0. The molecule has 0 fully saturated rings. The van der Waals surface area contributed by atoms with Crippen molar-refractivity contribution in [2.45, 2.75) is 53.4 Å². The summed E-state index contributed by atoms with van der Waals surface area (Å²) in [6, 6.07) is 0. The van der Waals surface area contributed by atoms with Gasteiger partial charge in [-0.25, -0.2) is 0 Å². The van der Waals surface area contributed by atoms with Crippen LogP contribution in [0, 0.1) is 5.41 Å². The summed E-state index contributed by atoms with van der Waals surface area (Å²) in [4.78, 5) is 11.8. The zero-order valence-electron chi connectivity index (χ0n) is 13.2. The largest absolute Gasteiger partial charge is 0.459 e. The van der Waals surface area contributed by atoms with Gasteiger partial charge in [-0.2, -0.15) is 0 Å². The molecular weight excluding hydrogens is 226 g/mol. The van der Waals surface area contributed by atoms with Crippen molar-refractivity contribution < 1.29 is 14.0 Å². The molecule has 0 aromatic rings. The summed E-state index contributed by atoms with van der Waals surface area (Å²) in [5.41, 5.74) is -0.348. The Balaban J connectivity index is 3.92. The molecule has 0 rings (SSSR count). The number of carbonyl (C=O) groups is 1. The average Bonchev–Trinajstić information content (AvgIpc) is 2.28. The van der Waals surface area contributed by atoms with E-state index in [1.165, 1.54) is 19.3 Å². The smallest absolute Gasteiger partial charge is 0.311 e. The zero-order chi connectivity index (χ0) is 14.2. The lowest BCUT2D eigenvalue weighted by Gasteiger charge is -2.30. The molecule has 3 nitrogen and oxygen atoms in total. The molecule has 0 heterocycles. The molecule has 0 aliphatic heterocycles. The molecule has 0 amide bonds. The predicted molar refractivity (Wildman–Crippen MR) is 76.4 cm³/mol. The highest BCUT2D eigenvalue weighted by molar-refractivity contribution is 5.75. The van der Waals surface area contributed by atoms with Gasteiger partial charge in [0.15, 0.2) is 0 Å². The van der Waals surface area contributed by atoms with Crippen LogP contribution in [-0.2, 0) is 9.53 Å². The van der Waals surface area contributed by atoms with Crippen molar-refractivity contribution >= 4 is 5.97 Å². The van der Waals surface area contributed by atoms with Crippen LogP contribution >= 0.6 is 0 Å². The molecule has 108 valence electrons. The first kappa shape index (κ1) is 17.4. The summed E-state index contributed by atoms with van der Waals surface area (Å²) in [6.45, 7) is 10.7. The van der Waals surface area contributed by atoms with Crippen LogP contribution in [0.25, 0.3) is 0 Å². The maximum Gasteiger partial charge on any atom is 0.311 e. The fraction of sp³-hybridized carbons (Fsp3) is 0.933. The summed E-state index contributed by atoms with van der Waals surface area (Å²) in [6.07, 6.45) is 4.60. The van der Waals surface area contributed by atoms with Gasteiger partial charge in [-0.15, -0.1) is 0 Å². The number of likely N-dealkylation sites (N-methyl/N-ethyl adjacent to an activating group) is 1. The first-order valence-corrected chi connectivity index (χ1v) is 7.24. The molecule has 0 aromatic carbocycles. The summed E-state index contributed by atoms with van der Waals surface area (Å²) in [5.74, 6) is -0.0708. The summed E-state index contributed by atoms with van der Waals surface area (Å²) in [5, 5.41) is 0. The number of ether oxygens (including phenoxy) is 1. The number of carbonyl (C=O) groups excluding carboxylic acids is 1. The van der Waals surface area contributed by atoms with Crippen molar-refractivity contribution in [3.63, 3.8) is 0 Å². The van der Waals surface area contributed by atoms with Crippen LogP contribution in [-0.4, -0.2) is 44.2 Å². The third-order valence-electron chi connectivity index (χ3n) is 3.73. The van der Waals surface area contributed by atoms with E-state index in [0.29, 0.717) is 6.61 Å². The lowest BCUT2D eigenvalue weighted by atomic mass is 9.91. The highest BCUT2D eigenvalue weighted by Crippen LogP contribution is 2.21. The van der Waals surface area contributed by atoms with Gasteiger partial charge in [0.1, 0.15) is 13.2 Å². The highest BCUT2D eigenvalue weighted by atomic mass is 16.5. The van der Waals surface area contributed by atoms with Crippen LogP contribution in [0.3, 0.4) is 0 Å². The zero-order valence-corrected chi connectivity index (χ0v) is 13.2. The minimum atomic E-state index is -0.348. The van der Waals surface area contributed by atoms with Gasteiger partial charge in [0.25, 0.3) is 0 Å². The molecule has 0 aromatic heterocycles. The van der Waals surface area contributed by atoms with Crippen LogP contribution in [0.1, 0.15) is 53.4 Å². The van der Waals surface area contributed by atoms with E-state index in [1.807, 2.05) is 20.8 Å². The first-order chi connectivity index (χ1) is 8.25. The molecule has 3 heteroatoms. The van der Waals surface area contributed by atoms with Crippen LogP contribution in [0.2, 0.25) is 0 Å². The Labute approximate surface area is 113 Å². The molecule has 0 atom stereocenters. The number of esters is 1. The van der Waals surface area contributed by atoms with Crippen LogP contribution in [0.15, 0.2) is 0 Å². The molecule has 0 saturated carbocycles. The molecule has 0 aliphatic carbocycles. The Bertz CT molecular complexity index is 247. The fourth-order valence-corrected chi connectivity index (χ4v) is 1.63. The first-order valence-electron chi connectivity index (χ1n) is 7.24. The quantitative estimate of drug-likeness (QED) is 0.360. The maximum atomic E-state index is 11.8. The van der Waals surface area contributed by atoms with Crippen molar-refractivity contribution in [3.05, 3.63) is 0 Å². The van der Waals surface area contributed by atoms with E-state index in [1.54, 1.807) is 0 Å². The number of quaternary nitrogens is 1. The van der Waals surface area contributed by atoms with Gasteiger partial charge in [-0.05, 0) is 33.1 Å². The second-order valence-electron chi connectivity index (χ2n) is 6.46. The van der Waals surface area contributed by atoms with Crippen molar-refractivity contribution in [1.82, 2.24) is 0 Å². The summed E-state index contributed by atoms with van der Waals surface area (Å²) in [7, 11) is 4.41.